The summed E-state index contributed by atoms with van der Waals surface area (Å²) >= 11 is 0. The van der Waals surface area contributed by atoms with E-state index in [0.29, 0.717) is 13.2 Å². The molecule has 0 unspecified atom stereocenters. The molecule has 0 aliphatic carbocycles. The Labute approximate surface area is 117 Å². The van der Waals surface area contributed by atoms with Gasteiger partial charge in [-0.25, -0.2) is 14.2 Å². The Bertz CT molecular complexity index is 631. The SMILES string of the molecule is Cc1ccc(C)c(-n2cnc(=O)n2CCOCCO)c1. The van der Waals surface area contributed by atoms with Crippen molar-refractivity contribution in [2.45, 2.75) is 20.4 Å². The summed E-state index contributed by atoms with van der Waals surface area (Å²) in [6.45, 7) is 5.00. The maximum atomic E-state index is 11.8. The van der Waals surface area contributed by atoms with Crippen LogP contribution in [0, 0.1) is 13.8 Å². The van der Waals surface area contributed by atoms with Crippen molar-refractivity contribution in [2.75, 3.05) is 19.8 Å². The van der Waals surface area contributed by atoms with Gasteiger partial charge >= 0.3 is 5.69 Å². The van der Waals surface area contributed by atoms with Gasteiger partial charge in [0.1, 0.15) is 6.33 Å². The second kappa shape index (κ2) is 6.49. The van der Waals surface area contributed by atoms with Crippen LogP contribution in [0.25, 0.3) is 5.69 Å². The molecule has 6 heteroatoms. The molecular weight excluding hydrogens is 258 g/mol. The number of aromatic nitrogens is 3. The molecule has 1 N–H and O–H groups in total. The molecular formula is C14H19N3O3. The zero-order chi connectivity index (χ0) is 14.5. The second-order valence-corrected chi connectivity index (χ2v) is 4.62. The van der Waals surface area contributed by atoms with Gasteiger partial charge in [-0.05, 0) is 31.0 Å². The predicted molar refractivity (Wildman–Crippen MR) is 75.2 cm³/mol. The highest BCUT2D eigenvalue weighted by atomic mass is 16.5. The lowest BCUT2D eigenvalue weighted by Gasteiger charge is -2.13. The normalized spacial score (nSPS) is 10.9. The zero-order valence-corrected chi connectivity index (χ0v) is 11.7. The molecule has 0 bridgehead atoms. The van der Waals surface area contributed by atoms with E-state index in [1.807, 2.05) is 32.0 Å². The molecule has 0 saturated carbocycles. The maximum absolute atomic E-state index is 11.8. The van der Waals surface area contributed by atoms with Crippen LogP contribution in [-0.2, 0) is 11.3 Å². The molecule has 0 saturated heterocycles. The van der Waals surface area contributed by atoms with E-state index in [9.17, 15) is 4.79 Å². The third kappa shape index (κ3) is 3.15. The molecule has 0 fully saturated rings. The van der Waals surface area contributed by atoms with Gasteiger partial charge in [0.05, 0.1) is 32.1 Å². The fraction of sp³-hybridized carbons (Fsp3) is 0.429. The third-order valence-electron chi connectivity index (χ3n) is 3.05. The number of aliphatic hydroxyl groups is 1. The minimum atomic E-state index is -0.307. The summed E-state index contributed by atoms with van der Waals surface area (Å²) in [5.41, 5.74) is 2.81. The van der Waals surface area contributed by atoms with Gasteiger partial charge in [-0.1, -0.05) is 12.1 Å². The second-order valence-electron chi connectivity index (χ2n) is 4.62. The summed E-state index contributed by atoms with van der Waals surface area (Å²) in [6.07, 6.45) is 1.52. The molecule has 6 nitrogen and oxygen atoms in total. The number of benzene rings is 1. The lowest BCUT2D eigenvalue weighted by molar-refractivity contribution is 0.0839. The molecule has 0 aliphatic rings. The molecule has 1 heterocycles. The number of rotatable bonds is 6. The highest BCUT2D eigenvalue weighted by Crippen LogP contribution is 2.14. The van der Waals surface area contributed by atoms with Crippen LogP contribution in [0.15, 0.2) is 29.3 Å². The number of aliphatic hydroxyl groups excluding tert-OH is 1. The number of hydrogen-bond acceptors (Lipinski definition) is 4. The van der Waals surface area contributed by atoms with Crippen molar-refractivity contribution in [3.63, 3.8) is 0 Å². The van der Waals surface area contributed by atoms with E-state index in [2.05, 4.69) is 4.98 Å². The van der Waals surface area contributed by atoms with Crippen molar-refractivity contribution in [1.29, 1.82) is 0 Å². The summed E-state index contributed by atoms with van der Waals surface area (Å²) in [7, 11) is 0. The quantitative estimate of drug-likeness (QED) is 0.788. The van der Waals surface area contributed by atoms with Gasteiger partial charge in [0.15, 0.2) is 0 Å². The first-order valence-corrected chi connectivity index (χ1v) is 6.54. The monoisotopic (exact) mass is 277 g/mol. The van der Waals surface area contributed by atoms with E-state index in [4.69, 9.17) is 9.84 Å². The lowest BCUT2D eigenvalue weighted by atomic mass is 10.1. The number of ether oxygens (including phenoxy) is 1. The standard InChI is InChI=1S/C14H19N3O3/c1-11-3-4-12(2)13(9-11)17-10-15-14(19)16(17)5-7-20-8-6-18/h3-4,9-10,18H,5-8H2,1-2H3. The van der Waals surface area contributed by atoms with Crippen molar-refractivity contribution >= 4 is 0 Å². The minimum Gasteiger partial charge on any atom is -0.394 e. The minimum absolute atomic E-state index is 0.0227. The molecule has 1 aromatic heterocycles. The molecule has 20 heavy (non-hydrogen) atoms. The Morgan fingerprint density at radius 1 is 1.30 bits per heavy atom. The maximum Gasteiger partial charge on any atom is 0.364 e. The van der Waals surface area contributed by atoms with Crippen LogP contribution in [-0.4, -0.2) is 39.3 Å². The summed E-state index contributed by atoms with van der Waals surface area (Å²) in [4.78, 5) is 15.6. The van der Waals surface area contributed by atoms with Gasteiger partial charge in [0.25, 0.3) is 0 Å². The van der Waals surface area contributed by atoms with E-state index >= 15 is 0 Å². The molecule has 0 spiro atoms. The highest BCUT2D eigenvalue weighted by molar-refractivity contribution is 5.42. The van der Waals surface area contributed by atoms with E-state index in [1.165, 1.54) is 11.0 Å². The number of aryl methyl sites for hydroxylation is 2. The first kappa shape index (κ1) is 14.5. The van der Waals surface area contributed by atoms with Crippen LogP contribution in [0.5, 0.6) is 0 Å². The Hall–Kier alpha value is -1.92. The topological polar surface area (TPSA) is 69.3 Å². The Morgan fingerprint density at radius 3 is 2.85 bits per heavy atom. The largest absolute Gasteiger partial charge is 0.394 e. The fourth-order valence-corrected chi connectivity index (χ4v) is 2.00. The van der Waals surface area contributed by atoms with Crippen LogP contribution in [0.2, 0.25) is 0 Å². The molecule has 2 rings (SSSR count). The van der Waals surface area contributed by atoms with Crippen molar-refractivity contribution in [1.82, 2.24) is 14.3 Å². The third-order valence-corrected chi connectivity index (χ3v) is 3.05. The van der Waals surface area contributed by atoms with E-state index in [1.54, 1.807) is 4.68 Å². The van der Waals surface area contributed by atoms with Gasteiger partial charge in [-0.2, -0.15) is 4.98 Å². The van der Waals surface area contributed by atoms with Gasteiger partial charge < -0.3 is 9.84 Å². The Morgan fingerprint density at radius 2 is 2.10 bits per heavy atom. The van der Waals surface area contributed by atoms with Crippen LogP contribution in [0.1, 0.15) is 11.1 Å². The molecule has 0 amide bonds. The van der Waals surface area contributed by atoms with Crippen molar-refractivity contribution in [3.8, 4) is 5.69 Å². The first-order chi connectivity index (χ1) is 9.63. The van der Waals surface area contributed by atoms with Gasteiger partial charge in [0.2, 0.25) is 0 Å². The van der Waals surface area contributed by atoms with Gasteiger partial charge in [-0.15, -0.1) is 0 Å². The molecule has 0 atom stereocenters. The summed E-state index contributed by atoms with van der Waals surface area (Å²) in [5, 5.41) is 8.67. The molecule has 1 aromatic carbocycles. The summed E-state index contributed by atoms with van der Waals surface area (Å²) in [5.74, 6) is 0. The lowest BCUT2D eigenvalue weighted by Crippen LogP contribution is -2.26. The zero-order valence-electron chi connectivity index (χ0n) is 11.7. The average Bonchev–Trinajstić information content (AvgIpc) is 2.79. The van der Waals surface area contributed by atoms with Crippen LogP contribution in [0.4, 0.5) is 0 Å². The van der Waals surface area contributed by atoms with Gasteiger partial charge in [-0.3, -0.25) is 0 Å². The number of hydrogen-bond donors (Lipinski definition) is 1. The number of nitrogens with zero attached hydrogens (tertiary/aromatic N) is 3. The summed E-state index contributed by atoms with van der Waals surface area (Å²) in [6, 6.07) is 6.06. The van der Waals surface area contributed by atoms with Crippen molar-refractivity contribution in [2.24, 2.45) is 0 Å². The van der Waals surface area contributed by atoms with Gasteiger partial charge in [0, 0.05) is 0 Å². The van der Waals surface area contributed by atoms with E-state index in [-0.39, 0.29) is 18.9 Å². The smallest absolute Gasteiger partial charge is 0.364 e. The highest BCUT2D eigenvalue weighted by Gasteiger charge is 2.09. The fourth-order valence-electron chi connectivity index (χ4n) is 2.00. The summed E-state index contributed by atoms with van der Waals surface area (Å²) < 4.78 is 8.48. The average molecular weight is 277 g/mol. The molecule has 0 radical (unpaired) electrons. The molecule has 0 aliphatic heterocycles. The van der Waals surface area contributed by atoms with E-state index < -0.39 is 0 Å². The molecule has 2 aromatic rings. The van der Waals surface area contributed by atoms with Crippen LogP contribution < -0.4 is 5.69 Å². The first-order valence-electron chi connectivity index (χ1n) is 6.54. The Balaban J connectivity index is 2.28. The van der Waals surface area contributed by atoms with Crippen LogP contribution >= 0.6 is 0 Å². The Kier molecular flexibility index (Phi) is 4.70. The van der Waals surface area contributed by atoms with Crippen LogP contribution in [0.3, 0.4) is 0 Å². The van der Waals surface area contributed by atoms with Crippen molar-refractivity contribution in [3.05, 3.63) is 46.1 Å². The van der Waals surface area contributed by atoms with E-state index in [0.717, 1.165) is 16.8 Å². The van der Waals surface area contributed by atoms with Crippen molar-refractivity contribution < 1.29 is 9.84 Å². The predicted octanol–water partition coefficient (Wildman–Crippen LogP) is 0.660. The molecule has 108 valence electrons.